The Morgan fingerprint density at radius 3 is 2.73 bits per heavy atom. The van der Waals surface area contributed by atoms with Gasteiger partial charge >= 0.3 is 0 Å². The van der Waals surface area contributed by atoms with E-state index in [0.717, 1.165) is 9.75 Å². The van der Waals surface area contributed by atoms with Gasteiger partial charge in [-0.15, -0.1) is 11.3 Å². The maximum absolute atomic E-state index is 12.8. The minimum atomic E-state index is -0.808. The number of carbonyl (C=O) groups is 1. The van der Waals surface area contributed by atoms with Crippen molar-refractivity contribution in [1.29, 1.82) is 0 Å². The third-order valence-corrected chi connectivity index (χ3v) is 5.59. The molecule has 0 spiro atoms. The van der Waals surface area contributed by atoms with Gasteiger partial charge in [-0.25, -0.2) is 4.68 Å². The quantitative estimate of drug-likeness (QED) is 0.506. The van der Waals surface area contributed by atoms with Crippen LogP contribution in [0, 0.1) is 13.8 Å². The van der Waals surface area contributed by atoms with Crippen molar-refractivity contribution in [2.45, 2.75) is 33.4 Å². The first kappa shape index (κ1) is 19.8. The van der Waals surface area contributed by atoms with Crippen LogP contribution in [0.1, 0.15) is 29.3 Å². The molecule has 30 heavy (non-hydrogen) atoms. The monoisotopic (exact) mass is 424 g/mol. The molecule has 8 nitrogen and oxygen atoms in total. The Kier molecular flexibility index (Phi) is 5.37. The first-order chi connectivity index (χ1) is 14.4. The molecule has 0 aromatic carbocycles. The Bertz CT molecular complexity index is 1240. The van der Waals surface area contributed by atoms with Gasteiger partial charge in [0.1, 0.15) is 17.5 Å². The van der Waals surface area contributed by atoms with Crippen molar-refractivity contribution < 1.29 is 13.7 Å². The first-order valence-electron chi connectivity index (χ1n) is 9.37. The second-order valence-electron chi connectivity index (χ2n) is 6.91. The van der Waals surface area contributed by atoms with E-state index in [2.05, 4.69) is 15.6 Å². The van der Waals surface area contributed by atoms with Crippen LogP contribution >= 0.6 is 11.3 Å². The van der Waals surface area contributed by atoms with Crippen molar-refractivity contribution in [2.75, 3.05) is 0 Å². The molecule has 0 fully saturated rings. The van der Waals surface area contributed by atoms with E-state index in [4.69, 9.17) is 8.94 Å². The lowest BCUT2D eigenvalue weighted by atomic mass is 10.1. The Hall–Kier alpha value is -3.46. The van der Waals surface area contributed by atoms with Crippen molar-refractivity contribution in [3.05, 3.63) is 69.3 Å². The highest BCUT2D eigenvalue weighted by molar-refractivity contribution is 7.15. The van der Waals surface area contributed by atoms with Gasteiger partial charge in [0.15, 0.2) is 5.76 Å². The van der Waals surface area contributed by atoms with Gasteiger partial charge in [-0.1, -0.05) is 5.16 Å². The van der Waals surface area contributed by atoms with Gasteiger partial charge in [0.05, 0.1) is 28.9 Å². The third-order valence-electron chi connectivity index (χ3n) is 4.59. The summed E-state index contributed by atoms with van der Waals surface area (Å²) in [4.78, 5) is 27.4. The molecular weight excluding hydrogens is 404 g/mol. The van der Waals surface area contributed by atoms with E-state index in [9.17, 15) is 9.59 Å². The molecule has 0 radical (unpaired) electrons. The van der Waals surface area contributed by atoms with Crippen molar-refractivity contribution in [1.82, 2.24) is 20.3 Å². The molecular formula is C21H20N4O4S. The normalized spacial score (nSPS) is 12.1. The zero-order valence-electron chi connectivity index (χ0n) is 16.7. The average molecular weight is 424 g/mol. The molecule has 9 heteroatoms. The summed E-state index contributed by atoms with van der Waals surface area (Å²) in [5, 5.41) is 11.2. The number of thiophene rings is 1. The first-order valence-corrected chi connectivity index (χ1v) is 10.2. The van der Waals surface area contributed by atoms with Crippen molar-refractivity contribution >= 4 is 17.2 Å². The molecule has 0 aliphatic carbocycles. The number of hydrogen-bond donors (Lipinski definition) is 1. The number of aryl methyl sites for hydroxylation is 2. The molecule has 4 aromatic rings. The molecule has 154 valence electrons. The van der Waals surface area contributed by atoms with E-state index in [-0.39, 0.29) is 12.5 Å². The zero-order valence-corrected chi connectivity index (χ0v) is 17.5. The number of furan rings is 1. The summed E-state index contributed by atoms with van der Waals surface area (Å²) in [6.07, 6.45) is 1.54. The molecule has 0 aliphatic heterocycles. The van der Waals surface area contributed by atoms with Gasteiger partial charge in [-0.2, -0.15) is 5.10 Å². The molecule has 1 atom stereocenters. The second kappa shape index (κ2) is 8.11. The summed E-state index contributed by atoms with van der Waals surface area (Å²) in [6.45, 7) is 5.67. The zero-order chi connectivity index (χ0) is 21.3. The van der Waals surface area contributed by atoms with Gasteiger partial charge < -0.3 is 14.3 Å². The predicted molar refractivity (Wildman–Crippen MR) is 112 cm³/mol. The van der Waals surface area contributed by atoms with E-state index >= 15 is 0 Å². The fraction of sp³-hybridized carbons (Fsp3) is 0.238. The average Bonchev–Trinajstić information content (AvgIpc) is 3.48. The molecule has 0 saturated heterocycles. The predicted octanol–water partition coefficient (Wildman–Crippen LogP) is 3.71. The summed E-state index contributed by atoms with van der Waals surface area (Å²) in [6, 6.07) is 9.81. The molecule has 1 amide bonds. The maximum Gasteiger partial charge on any atom is 0.268 e. The highest BCUT2D eigenvalue weighted by atomic mass is 32.1. The summed E-state index contributed by atoms with van der Waals surface area (Å²) in [7, 11) is 0. The third kappa shape index (κ3) is 3.97. The van der Waals surface area contributed by atoms with Crippen molar-refractivity contribution in [2.24, 2.45) is 0 Å². The maximum atomic E-state index is 12.8. The molecule has 4 rings (SSSR count). The number of nitrogens with one attached hydrogen (secondary N) is 1. The Morgan fingerprint density at radius 2 is 2.10 bits per heavy atom. The Labute approximate surface area is 176 Å². The van der Waals surface area contributed by atoms with Crippen LogP contribution in [-0.2, 0) is 11.3 Å². The number of nitrogens with zero attached hydrogens (tertiary/aromatic N) is 3. The standard InChI is InChI=1S/C21H20N4O4S/c1-12-9-17(29-24-12)16-10-19(26)25(23-20(16)18-7-6-13(2)30-18)14(3)21(27)22-11-15-5-4-8-28-15/h4-10,14H,11H2,1-3H3,(H,22,27)/t14-/m0/s1. The van der Waals surface area contributed by atoms with Gasteiger partial charge in [-0.3, -0.25) is 9.59 Å². The number of amides is 1. The molecule has 4 aromatic heterocycles. The van der Waals surface area contributed by atoms with Gasteiger partial charge in [0.25, 0.3) is 5.56 Å². The Balaban J connectivity index is 1.71. The molecule has 0 aliphatic rings. The van der Waals surface area contributed by atoms with Crippen LogP contribution in [0.25, 0.3) is 21.9 Å². The number of carbonyl (C=O) groups excluding carboxylic acids is 1. The van der Waals surface area contributed by atoms with E-state index < -0.39 is 11.6 Å². The topological polar surface area (TPSA) is 103 Å². The summed E-state index contributed by atoms with van der Waals surface area (Å²) in [5.74, 6) is 0.749. The Morgan fingerprint density at radius 1 is 1.27 bits per heavy atom. The van der Waals surface area contributed by atoms with Crippen LogP contribution in [0.4, 0.5) is 0 Å². The summed E-state index contributed by atoms with van der Waals surface area (Å²) < 4.78 is 11.8. The van der Waals surface area contributed by atoms with Gasteiger partial charge in [0.2, 0.25) is 5.91 Å². The van der Waals surface area contributed by atoms with Crippen LogP contribution in [0.15, 0.2) is 56.4 Å². The fourth-order valence-electron chi connectivity index (χ4n) is 3.01. The van der Waals surface area contributed by atoms with Crippen LogP contribution in [0.5, 0.6) is 0 Å². The van der Waals surface area contributed by atoms with E-state index in [0.29, 0.717) is 28.5 Å². The lowest BCUT2D eigenvalue weighted by Crippen LogP contribution is -2.36. The van der Waals surface area contributed by atoms with Crippen molar-refractivity contribution in [3.63, 3.8) is 0 Å². The minimum absolute atomic E-state index is 0.233. The van der Waals surface area contributed by atoms with E-state index in [1.165, 1.54) is 17.0 Å². The SMILES string of the molecule is Cc1cc(-c2cc(=O)n([C@@H](C)C(=O)NCc3ccco3)nc2-c2ccc(C)s2)on1. The fourth-order valence-corrected chi connectivity index (χ4v) is 3.88. The van der Waals surface area contributed by atoms with Gasteiger partial charge in [0, 0.05) is 17.0 Å². The van der Waals surface area contributed by atoms with E-state index in [1.807, 2.05) is 26.0 Å². The van der Waals surface area contributed by atoms with Crippen molar-refractivity contribution in [3.8, 4) is 21.9 Å². The second-order valence-corrected chi connectivity index (χ2v) is 8.19. The summed E-state index contributed by atoms with van der Waals surface area (Å²) >= 11 is 1.55. The highest BCUT2D eigenvalue weighted by Crippen LogP contribution is 2.34. The largest absolute Gasteiger partial charge is 0.467 e. The highest BCUT2D eigenvalue weighted by Gasteiger charge is 2.22. The molecule has 1 N–H and O–H groups in total. The van der Waals surface area contributed by atoms with Crippen LogP contribution in [0.2, 0.25) is 0 Å². The van der Waals surface area contributed by atoms with Crippen LogP contribution < -0.4 is 10.9 Å². The van der Waals surface area contributed by atoms with Crippen LogP contribution in [-0.4, -0.2) is 20.8 Å². The molecule has 0 saturated carbocycles. The summed E-state index contributed by atoms with van der Waals surface area (Å²) in [5.41, 5.74) is 1.40. The molecule has 0 unspecified atom stereocenters. The molecule has 4 heterocycles. The lowest BCUT2D eigenvalue weighted by Gasteiger charge is -2.15. The number of rotatable bonds is 6. The minimum Gasteiger partial charge on any atom is -0.467 e. The smallest absolute Gasteiger partial charge is 0.268 e. The van der Waals surface area contributed by atoms with Crippen LogP contribution in [0.3, 0.4) is 0 Å². The van der Waals surface area contributed by atoms with E-state index in [1.54, 1.807) is 36.5 Å². The van der Waals surface area contributed by atoms with Gasteiger partial charge in [-0.05, 0) is 45.0 Å². The number of hydrogen-bond acceptors (Lipinski definition) is 7. The molecule has 0 bridgehead atoms. The lowest BCUT2D eigenvalue weighted by molar-refractivity contribution is -0.124. The number of aromatic nitrogens is 3.